The Kier molecular flexibility index (Phi) is 9.26. The minimum atomic E-state index is -0.835. The van der Waals surface area contributed by atoms with Crippen molar-refractivity contribution in [1.29, 1.82) is 5.26 Å². The maximum Gasteiger partial charge on any atom is 0.243 e. The van der Waals surface area contributed by atoms with Gasteiger partial charge < -0.3 is 21.3 Å². The summed E-state index contributed by atoms with van der Waals surface area (Å²) in [4.78, 5) is 51.1. The van der Waals surface area contributed by atoms with E-state index in [1.165, 1.54) is 0 Å². The first-order valence-corrected chi connectivity index (χ1v) is 12.0. The van der Waals surface area contributed by atoms with Crippen LogP contribution in [-0.4, -0.2) is 48.3 Å². The molecular weight excluding hydrogens is 422 g/mol. The molecule has 0 aliphatic carbocycles. The first kappa shape index (κ1) is 26.6. The highest BCUT2D eigenvalue weighted by molar-refractivity contribution is 5.93. The second-order valence-corrected chi connectivity index (χ2v) is 10.8. The predicted molar refractivity (Wildman–Crippen MR) is 123 cm³/mol. The summed E-state index contributed by atoms with van der Waals surface area (Å²) in [5, 5.41) is 20.9. The van der Waals surface area contributed by atoms with Gasteiger partial charge in [0.2, 0.25) is 23.6 Å². The van der Waals surface area contributed by atoms with E-state index in [-0.39, 0.29) is 36.0 Å². The molecule has 0 saturated carbocycles. The van der Waals surface area contributed by atoms with Gasteiger partial charge in [-0.1, -0.05) is 47.5 Å². The molecule has 0 aromatic carbocycles. The Bertz CT molecular complexity index is 783. The summed E-state index contributed by atoms with van der Waals surface area (Å²) in [6.45, 7) is 9.79. The minimum Gasteiger partial charge on any atom is -0.356 e. The quantitative estimate of drug-likeness (QED) is 0.503. The third-order valence-corrected chi connectivity index (χ3v) is 6.37. The Hall–Kier alpha value is -2.63. The molecule has 2 heterocycles. The summed E-state index contributed by atoms with van der Waals surface area (Å²) in [5.41, 5.74) is -0.656. The summed E-state index contributed by atoms with van der Waals surface area (Å²) >= 11 is 0. The number of carbonyl (C=O) groups is 4. The molecule has 0 bridgehead atoms. The van der Waals surface area contributed by atoms with Crippen LogP contribution in [0.3, 0.4) is 0 Å². The van der Waals surface area contributed by atoms with Gasteiger partial charge in [-0.25, -0.2) is 0 Å². The van der Waals surface area contributed by atoms with Gasteiger partial charge >= 0.3 is 0 Å². The van der Waals surface area contributed by atoms with Crippen LogP contribution in [0.2, 0.25) is 0 Å². The van der Waals surface area contributed by atoms with Crippen LogP contribution >= 0.6 is 0 Å². The Labute approximate surface area is 196 Å². The molecular formula is C24H39N5O4. The topological polar surface area (TPSA) is 140 Å². The molecule has 2 saturated heterocycles. The zero-order chi connectivity index (χ0) is 24.8. The smallest absolute Gasteiger partial charge is 0.243 e. The predicted octanol–water partition coefficient (Wildman–Crippen LogP) is 1.38. The van der Waals surface area contributed by atoms with E-state index in [1.54, 1.807) is 20.8 Å². The number of hydrogen-bond donors (Lipinski definition) is 4. The molecule has 2 rings (SSSR count). The highest BCUT2D eigenvalue weighted by atomic mass is 16.2. The van der Waals surface area contributed by atoms with Gasteiger partial charge in [0.05, 0.1) is 6.07 Å². The second kappa shape index (κ2) is 11.5. The number of nitrogens with one attached hydrogen (secondary N) is 4. The van der Waals surface area contributed by atoms with E-state index in [0.29, 0.717) is 25.8 Å². The van der Waals surface area contributed by atoms with Gasteiger partial charge in [0.25, 0.3) is 0 Å². The Balaban J connectivity index is 2.29. The molecule has 4 N–H and O–H groups in total. The number of amides is 4. The molecule has 9 nitrogen and oxygen atoms in total. The van der Waals surface area contributed by atoms with E-state index in [0.717, 1.165) is 12.8 Å². The third-order valence-electron chi connectivity index (χ3n) is 6.37. The van der Waals surface area contributed by atoms with Crippen molar-refractivity contribution >= 4 is 23.6 Å². The molecule has 2 fully saturated rings. The number of nitriles is 1. The Morgan fingerprint density at radius 1 is 1.09 bits per heavy atom. The largest absolute Gasteiger partial charge is 0.356 e. The van der Waals surface area contributed by atoms with E-state index >= 15 is 0 Å². The highest BCUT2D eigenvalue weighted by Crippen LogP contribution is 2.28. The fourth-order valence-electron chi connectivity index (χ4n) is 4.37. The van der Waals surface area contributed by atoms with Crippen LogP contribution in [0.5, 0.6) is 0 Å². The van der Waals surface area contributed by atoms with Crippen LogP contribution < -0.4 is 21.3 Å². The number of nitrogens with zero attached hydrogens (tertiary/aromatic N) is 1. The number of hydrogen-bond acceptors (Lipinski definition) is 5. The van der Waals surface area contributed by atoms with Gasteiger partial charge in [-0.2, -0.15) is 5.26 Å². The first-order chi connectivity index (χ1) is 15.4. The zero-order valence-corrected chi connectivity index (χ0v) is 20.5. The summed E-state index contributed by atoms with van der Waals surface area (Å²) < 4.78 is 0. The van der Waals surface area contributed by atoms with E-state index in [4.69, 9.17) is 0 Å². The standard InChI is InChI=1S/C24H39N5O4/c1-14(2)10-19-22(32)27-16(12-25)11-17-15(13-26-20(17)30)8-6-7-9-18(21(31)28-19)29-23(33)24(3,4)5/h14-19H,6-11,13H2,1-5H3,(H,26,30)(H,27,32)(H,28,31)(H,29,33)/t15-,16-,17-,18-,19-/m0/s1. The summed E-state index contributed by atoms with van der Waals surface area (Å²) in [6, 6.07) is -0.308. The van der Waals surface area contributed by atoms with Crippen molar-refractivity contribution in [3.63, 3.8) is 0 Å². The maximum absolute atomic E-state index is 13.1. The summed E-state index contributed by atoms with van der Waals surface area (Å²) in [7, 11) is 0. The van der Waals surface area contributed by atoms with Crippen molar-refractivity contribution < 1.29 is 19.2 Å². The summed E-state index contributed by atoms with van der Waals surface area (Å²) in [6.07, 6.45) is 3.36. The fourth-order valence-corrected chi connectivity index (χ4v) is 4.37. The molecule has 2 aliphatic heterocycles. The Morgan fingerprint density at radius 2 is 1.76 bits per heavy atom. The number of fused-ring (bicyclic) bond motifs is 1. The fraction of sp³-hybridized carbons (Fsp3) is 0.792. The van der Waals surface area contributed by atoms with Gasteiger partial charge in [0.1, 0.15) is 18.1 Å². The lowest BCUT2D eigenvalue weighted by molar-refractivity contribution is -0.135. The molecule has 9 heteroatoms. The molecule has 5 atom stereocenters. The SMILES string of the molecule is CC(C)C[C@@H]1NC(=O)[C@@H](NC(=O)C(C)(C)C)CCCC[C@H]2CNC(=O)[C@H]2C[C@@H](C#N)NC1=O. The molecule has 0 unspecified atom stereocenters. The van der Waals surface area contributed by atoms with Crippen LogP contribution in [0.4, 0.5) is 0 Å². The monoisotopic (exact) mass is 461 g/mol. The lowest BCUT2D eigenvalue weighted by atomic mass is 9.85. The van der Waals surface area contributed by atoms with Crippen LogP contribution in [0, 0.1) is 34.5 Å². The molecule has 33 heavy (non-hydrogen) atoms. The lowest BCUT2D eigenvalue weighted by Crippen LogP contribution is -2.56. The molecule has 184 valence electrons. The van der Waals surface area contributed by atoms with E-state index in [1.807, 2.05) is 13.8 Å². The minimum absolute atomic E-state index is 0.0797. The van der Waals surface area contributed by atoms with Crippen molar-refractivity contribution in [3.8, 4) is 6.07 Å². The van der Waals surface area contributed by atoms with Gasteiger partial charge in [-0.15, -0.1) is 0 Å². The molecule has 0 spiro atoms. The number of rotatable bonds is 3. The highest BCUT2D eigenvalue weighted by Gasteiger charge is 2.37. The van der Waals surface area contributed by atoms with Crippen molar-refractivity contribution in [2.45, 2.75) is 91.3 Å². The average Bonchev–Trinajstić information content (AvgIpc) is 3.06. The molecule has 0 aromatic rings. The molecule has 0 radical (unpaired) electrons. The molecule has 2 aliphatic rings. The average molecular weight is 462 g/mol. The van der Waals surface area contributed by atoms with Gasteiger partial charge in [0, 0.05) is 17.9 Å². The van der Waals surface area contributed by atoms with Crippen LogP contribution in [0.25, 0.3) is 0 Å². The molecule has 4 amide bonds. The third kappa shape index (κ3) is 7.72. The van der Waals surface area contributed by atoms with Crippen molar-refractivity contribution in [2.75, 3.05) is 6.54 Å². The van der Waals surface area contributed by atoms with Crippen molar-refractivity contribution in [3.05, 3.63) is 0 Å². The first-order valence-electron chi connectivity index (χ1n) is 12.0. The zero-order valence-electron chi connectivity index (χ0n) is 20.5. The molecule has 0 aromatic heterocycles. The van der Waals surface area contributed by atoms with E-state index < -0.39 is 35.4 Å². The second-order valence-electron chi connectivity index (χ2n) is 10.8. The number of carbonyl (C=O) groups excluding carboxylic acids is 4. The Morgan fingerprint density at radius 3 is 2.36 bits per heavy atom. The van der Waals surface area contributed by atoms with Gasteiger partial charge in [-0.05, 0) is 37.5 Å². The van der Waals surface area contributed by atoms with Gasteiger partial charge in [0.15, 0.2) is 0 Å². The normalized spacial score (nSPS) is 29.7. The van der Waals surface area contributed by atoms with Crippen LogP contribution in [0.1, 0.15) is 73.1 Å². The summed E-state index contributed by atoms with van der Waals surface area (Å²) in [5.74, 6) is -1.28. The van der Waals surface area contributed by atoms with Crippen molar-refractivity contribution in [2.24, 2.45) is 23.2 Å². The van der Waals surface area contributed by atoms with E-state index in [9.17, 15) is 24.4 Å². The lowest BCUT2D eigenvalue weighted by Gasteiger charge is -2.28. The maximum atomic E-state index is 13.1. The van der Waals surface area contributed by atoms with E-state index in [2.05, 4.69) is 27.3 Å². The van der Waals surface area contributed by atoms with Gasteiger partial charge in [-0.3, -0.25) is 19.2 Å². The van der Waals surface area contributed by atoms with Crippen molar-refractivity contribution in [1.82, 2.24) is 21.3 Å². The van der Waals surface area contributed by atoms with Crippen LogP contribution in [0.15, 0.2) is 0 Å². The van der Waals surface area contributed by atoms with Crippen LogP contribution in [-0.2, 0) is 19.2 Å².